The summed E-state index contributed by atoms with van der Waals surface area (Å²) in [6.45, 7) is 6.88. The quantitative estimate of drug-likeness (QED) is 0.748. The van der Waals surface area contributed by atoms with Gasteiger partial charge in [0.2, 0.25) is 0 Å². The summed E-state index contributed by atoms with van der Waals surface area (Å²) >= 11 is 0. The lowest BCUT2D eigenvalue weighted by molar-refractivity contribution is 0.0945. The third-order valence-electron chi connectivity index (χ3n) is 3.23. The highest BCUT2D eigenvalue weighted by Crippen LogP contribution is 2.16. The Morgan fingerprint density at radius 1 is 1.35 bits per heavy atom. The monoisotopic (exact) mass is 317 g/mol. The zero-order valence-electron chi connectivity index (χ0n) is 13.7. The molecule has 124 valence electrons. The molecule has 1 heterocycles. The average Bonchev–Trinajstić information content (AvgIpc) is 2.99. The van der Waals surface area contributed by atoms with Crippen molar-refractivity contribution >= 4 is 11.6 Å². The third kappa shape index (κ3) is 4.53. The molecular formula is C16H23N5O2. The van der Waals surface area contributed by atoms with Crippen LogP contribution in [0.3, 0.4) is 0 Å². The number of carbonyl (C=O) groups is 1. The zero-order chi connectivity index (χ0) is 16.9. The first-order valence-electron chi connectivity index (χ1n) is 7.54. The SMILES string of the molecule is CC(C)(C)n1ncnc1CNc1cccc(C(=O)NCCO)c1. The molecule has 0 atom stereocenters. The second-order valence-electron chi connectivity index (χ2n) is 6.17. The first-order valence-corrected chi connectivity index (χ1v) is 7.54. The average molecular weight is 317 g/mol. The van der Waals surface area contributed by atoms with E-state index in [0.717, 1.165) is 11.5 Å². The fourth-order valence-corrected chi connectivity index (χ4v) is 2.17. The summed E-state index contributed by atoms with van der Waals surface area (Å²) < 4.78 is 1.87. The van der Waals surface area contributed by atoms with Gasteiger partial charge < -0.3 is 15.7 Å². The van der Waals surface area contributed by atoms with Gasteiger partial charge in [0.05, 0.1) is 18.7 Å². The molecule has 1 aromatic heterocycles. The van der Waals surface area contributed by atoms with Gasteiger partial charge in [0.15, 0.2) is 0 Å². The van der Waals surface area contributed by atoms with Crippen LogP contribution in [0.25, 0.3) is 0 Å². The summed E-state index contributed by atoms with van der Waals surface area (Å²) in [4.78, 5) is 16.2. The van der Waals surface area contributed by atoms with Crippen molar-refractivity contribution in [2.24, 2.45) is 0 Å². The van der Waals surface area contributed by atoms with E-state index in [4.69, 9.17) is 5.11 Å². The van der Waals surface area contributed by atoms with Crippen LogP contribution in [0.4, 0.5) is 5.69 Å². The molecule has 0 fully saturated rings. The van der Waals surface area contributed by atoms with Crippen LogP contribution in [0.15, 0.2) is 30.6 Å². The number of aliphatic hydroxyl groups is 1. The predicted octanol–water partition coefficient (Wildman–Crippen LogP) is 1.37. The van der Waals surface area contributed by atoms with Crippen molar-refractivity contribution in [3.05, 3.63) is 42.0 Å². The minimum atomic E-state index is -0.208. The van der Waals surface area contributed by atoms with Gasteiger partial charge in [-0.25, -0.2) is 9.67 Å². The Hall–Kier alpha value is -2.41. The van der Waals surface area contributed by atoms with Crippen LogP contribution in [-0.4, -0.2) is 38.9 Å². The Bertz CT molecular complexity index is 660. The zero-order valence-corrected chi connectivity index (χ0v) is 13.7. The second-order valence-corrected chi connectivity index (χ2v) is 6.17. The van der Waals surface area contributed by atoms with Gasteiger partial charge in [-0.15, -0.1) is 0 Å². The number of hydrogen-bond donors (Lipinski definition) is 3. The molecule has 0 bridgehead atoms. The predicted molar refractivity (Wildman–Crippen MR) is 88.2 cm³/mol. The molecule has 1 aromatic carbocycles. The van der Waals surface area contributed by atoms with Gasteiger partial charge in [-0.05, 0) is 39.0 Å². The number of anilines is 1. The molecule has 0 radical (unpaired) electrons. The number of aliphatic hydroxyl groups excluding tert-OH is 1. The van der Waals surface area contributed by atoms with E-state index in [0.29, 0.717) is 12.1 Å². The molecule has 7 heteroatoms. The van der Waals surface area contributed by atoms with Gasteiger partial charge in [0.25, 0.3) is 5.91 Å². The van der Waals surface area contributed by atoms with Crippen LogP contribution in [-0.2, 0) is 12.1 Å². The van der Waals surface area contributed by atoms with Crippen molar-refractivity contribution < 1.29 is 9.90 Å². The molecule has 2 aromatic rings. The number of nitrogens with one attached hydrogen (secondary N) is 2. The number of benzene rings is 1. The summed E-state index contributed by atoms with van der Waals surface area (Å²) in [6, 6.07) is 7.20. The fraction of sp³-hybridized carbons (Fsp3) is 0.438. The van der Waals surface area contributed by atoms with Crippen LogP contribution in [0.5, 0.6) is 0 Å². The first kappa shape index (κ1) is 17.0. The minimum absolute atomic E-state index is 0.0772. The molecule has 0 saturated heterocycles. The molecule has 0 aliphatic rings. The van der Waals surface area contributed by atoms with Crippen molar-refractivity contribution in [2.75, 3.05) is 18.5 Å². The topological polar surface area (TPSA) is 92.1 Å². The van der Waals surface area contributed by atoms with E-state index in [1.807, 2.05) is 16.8 Å². The van der Waals surface area contributed by atoms with E-state index < -0.39 is 0 Å². The number of amides is 1. The first-order chi connectivity index (χ1) is 10.9. The van der Waals surface area contributed by atoms with Gasteiger partial charge in [0.1, 0.15) is 12.2 Å². The van der Waals surface area contributed by atoms with E-state index >= 15 is 0 Å². The molecule has 0 unspecified atom stereocenters. The van der Waals surface area contributed by atoms with Gasteiger partial charge in [-0.1, -0.05) is 6.07 Å². The normalized spacial score (nSPS) is 11.3. The summed E-state index contributed by atoms with van der Waals surface area (Å²) in [6.07, 6.45) is 1.54. The smallest absolute Gasteiger partial charge is 0.251 e. The Kier molecular flexibility index (Phi) is 5.33. The van der Waals surface area contributed by atoms with Gasteiger partial charge >= 0.3 is 0 Å². The van der Waals surface area contributed by atoms with Crippen LogP contribution in [0, 0.1) is 0 Å². The summed E-state index contributed by atoms with van der Waals surface area (Å²) in [7, 11) is 0. The van der Waals surface area contributed by atoms with Crippen molar-refractivity contribution in [1.29, 1.82) is 0 Å². The van der Waals surface area contributed by atoms with Crippen LogP contribution in [0.2, 0.25) is 0 Å². The summed E-state index contributed by atoms with van der Waals surface area (Å²) in [5.41, 5.74) is 1.23. The lowest BCUT2D eigenvalue weighted by Gasteiger charge is -2.21. The van der Waals surface area contributed by atoms with Gasteiger partial charge in [-0.3, -0.25) is 4.79 Å². The Balaban J connectivity index is 2.04. The van der Waals surface area contributed by atoms with Crippen LogP contribution in [0.1, 0.15) is 37.0 Å². The molecule has 1 amide bonds. The van der Waals surface area contributed by atoms with Crippen molar-refractivity contribution in [3.8, 4) is 0 Å². The third-order valence-corrected chi connectivity index (χ3v) is 3.23. The number of aromatic nitrogens is 3. The Morgan fingerprint density at radius 2 is 2.13 bits per heavy atom. The molecule has 0 aliphatic heterocycles. The van der Waals surface area contributed by atoms with Crippen LogP contribution >= 0.6 is 0 Å². The van der Waals surface area contributed by atoms with E-state index in [-0.39, 0.29) is 24.6 Å². The van der Waals surface area contributed by atoms with E-state index in [1.165, 1.54) is 0 Å². The van der Waals surface area contributed by atoms with Gasteiger partial charge in [-0.2, -0.15) is 5.10 Å². The van der Waals surface area contributed by atoms with Crippen molar-refractivity contribution in [2.45, 2.75) is 32.9 Å². The summed E-state index contributed by atoms with van der Waals surface area (Å²) in [5, 5.41) is 18.9. The van der Waals surface area contributed by atoms with E-state index in [2.05, 4.69) is 41.5 Å². The van der Waals surface area contributed by atoms with Crippen molar-refractivity contribution in [1.82, 2.24) is 20.1 Å². The molecule has 0 saturated carbocycles. The molecule has 0 spiro atoms. The molecule has 0 aliphatic carbocycles. The molecule has 2 rings (SSSR count). The highest BCUT2D eigenvalue weighted by Gasteiger charge is 2.18. The number of rotatable bonds is 6. The van der Waals surface area contributed by atoms with E-state index in [9.17, 15) is 4.79 Å². The molecule has 23 heavy (non-hydrogen) atoms. The maximum atomic E-state index is 11.9. The molecule has 7 nitrogen and oxygen atoms in total. The minimum Gasteiger partial charge on any atom is -0.395 e. The second kappa shape index (κ2) is 7.23. The molecular weight excluding hydrogens is 294 g/mol. The highest BCUT2D eigenvalue weighted by atomic mass is 16.3. The van der Waals surface area contributed by atoms with Gasteiger partial charge in [0, 0.05) is 17.8 Å². The number of nitrogens with zero attached hydrogens (tertiary/aromatic N) is 3. The van der Waals surface area contributed by atoms with Crippen molar-refractivity contribution in [3.63, 3.8) is 0 Å². The maximum absolute atomic E-state index is 11.9. The Morgan fingerprint density at radius 3 is 2.83 bits per heavy atom. The van der Waals surface area contributed by atoms with Crippen LogP contribution < -0.4 is 10.6 Å². The Labute approximate surface area is 135 Å². The molecule has 3 N–H and O–H groups in total. The fourth-order valence-electron chi connectivity index (χ4n) is 2.17. The number of carbonyl (C=O) groups excluding carboxylic acids is 1. The largest absolute Gasteiger partial charge is 0.395 e. The lowest BCUT2D eigenvalue weighted by atomic mass is 10.1. The maximum Gasteiger partial charge on any atom is 0.251 e. The number of hydrogen-bond acceptors (Lipinski definition) is 5. The lowest BCUT2D eigenvalue weighted by Crippen LogP contribution is -2.27. The summed E-state index contributed by atoms with van der Waals surface area (Å²) in [5.74, 6) is 0.619. The highest BCUT2D eigenvalue weighted by molar-refractivity contribution is 5.95. The standard InChI is InChI=1S/C16H23N5O2/c1-16(2,3)21-14(19-11-20-21)10-18-13-6-4-5-12(9-13)15(23)17-7-8-22/h4-6,9,11,18,22H,7-8,10H2,1-3H3,(H,17,23). The van der Waals surface area contributed by atoms with E-state index in [1.54, 1.807) is 18.5 Å².